The molecule has 1 aliphatic rings. The summed E-state index contributed by atoms with van der Waals surface area (Å²) in [6.07, 6.45) is 2.92. The normalized spacial score (nSPS) is 17.5. The molecule has 114 valence electrons. The lowest BCUT2D eigenvalue weighted by Crippen LogP contribution is -2.42. The van der Waals surface area contributed by atoms with Gasteiger partial charge in [0.15, 0.2) is 0 Å². The molecule has 1 N–H and O–H groups in total. The number of amides is 1. The fourth-order valence-electron chi connectivity index (χ4n) is 2.97. The molecule has 1 saturated heterocycles. The molecule has 0 radical (unpaired) electrons. The van der Waals surface area contributed by atoms with E-state index in [0.717, 1.165) is 18.4 Å². The average molecular weight is 289 g/mol. The maximum absolute atomic E-state index is 12.7. The van der Waals surface area contributed by atoms with E-state index in [0.29, 0.717) is 25.9 Å². The number of benzene rings is 1. The molecule has 1 aromatic rings. The zero-order valence-corrected chi connectivity index (χ0v) is 12.5. The van der Waals surface area contributed by atoms with Gasteiger partial charge in [0.25, 0.3) is 0 Å². The van der Waals surface area contributed by atoms with Gasteiger partial charge < -0.3 is 10.0 Å². The monoisotopic (exact) mass is 289 g/mol. The van der Waals surface area contributed by atoms with Crippen LogP contribution >= 0.6 is 0 Å². The van der Waals surface area contributed by atoms with Gasteiger partial charge in [0.1, 0.15) is 0 Å². The summed E-state index contributed by atoms with van der Waals surface area (Å²) in [6, 6.07) is 9.88. The van der Waals surface area contributed by atoms with Gasteiger partial charge in [-0.05, 0) is 24.8 Å². The third-order valence-electron chi connectivity index (χ3n) is 4.23. The van der Waals surface area contributed by atoms with E-state index in [4.69, 9.17) is 5.11 Å². The Hall–Kier alpha value is -1.84. The zero-order valence-electron chi connectivity index (χ0n) is 12.5. The average Bonchev–Trinajstić information content (AvgIpc) is 2.53. The second-order valence-corrected chi connectivity index (χ2v) is 5.69. The maximum atomic E-state index is 12.7. The molecular formula is C17H23NO3. The minimum Gasteiger partial charge on any atom is -0.481 e. The second kappa shape index (κ2) is 7.25. The summed E-state index contributed by atoms with van der Waals surface area (Å²) in [4.78, 5) is 25.6. The molecular weight excluding hydrogens is 266 g/mol. The van der Waals surface area contributed by atoms with Crippen LogP contribution in [-0.4, -0.2) is 35.0 Å². The molecule has 1 heterocycles. The van der Waals surface area contributed by atoms with Crippen LogP contribution in [0.1, 0.15) is 44.1 Å². The molecule has 1 aromatic carbocycles. The number of carbonyl (C=O) groups excluding carboxylic acids is 1. The van der Waals surface area contributed by atoms with E-state index in [-0.39, 0.29) is 17.7 Å². The second-order valence-electron chi connectivity index (χ2n) is 5.69. The van der Waals surface area contributed by atoms with Crippen molar-refractivity contribution in [3.63, 3.8) is 0 Å². The first-order valence-corrected chi connectivity index (χ1v) is 7.70. The van der Waals surface area contributed by atoms with Crippen LogP contribution in [0, 0.1) is 5.92 Å². The number of carboxylic acid groups (broad SMARTS) is 1. The Morgan fingerprint density at radius 3 is 2.38 bits per heavy atom. The first kappa shape index (κ1) is 15.5. The Bertz CT molecular complexity index is 478. The predicted molar refractivity (Wildman–Crippen MR) is 81.0 cm³/mol. The molecule has 4 nitrogen and oxygen atoms in total. The first-order valence-electron chi connectivity index (χ1n) is 7.70. The zero-order chi connectivity index (χ0) is 15.2. The highest BCUT2D eigenvalue weighted by molar-refractivity contribution is 5.84. The third kappa shape index (κ3) is 3.84. The molecule has 4 heteroatoms. The van der Waals surface area contributed by atoms with Crippen molar-refractivity contribution in [2.75, 3.05) is 13.1 Å². The van der Waals surface area contributed by atoms with E-state index in [2.05, 4.69) is 6.92 Å². The van der Waals surface area contributed by atoms with Gasteiger partial charge >= 0.3 is 5.97 Å². The summed E-state index contributed by atoms with van der Waals surface area (Å²) >= 11 is 0. The van der Waals surface area contributed by atoms with E-state index >= 15 is 0 Å². The van der Waals surface area contributed by atoms with Gasteiger partial charge in [0.2, 0.25) is 5.91 Å². The van der Waals surface area contributed by atoms with E-state index in [1.807, 2.05) is 35.2 Å². The Morgan fingerprint density at radius 2 is 1.86 bits per heavy atom. The molecule has 0 saturated carbocycles. The van der Waals surface area contributed by atoms with Gasteiger partial charge in [-0.2, -0.15) is 0 Å². The molecule has 0 aromatic heterocycles. The minimum absolute atomic E-state index is 0.0995. The van der Waals surface area contributed by atoms with Crippen molar-refractivity contribution in [2.24, 2.45) is 5.92 Å². The Balaban J connectivity index is 2.04. The van der Waals surface area contributed by atoms with Crippen LogP contribution in [-0.2, 0) is 9.59 Å². The molecule has 1 fully saturated rings. The van der Waals surface area contributed by atoms with Crippen LogP contribution in [0.2, 0.25) is 0 Å². The Kier molecular flexibility index (Phi) is 5.37. The lowest BCUT2D eigenvalue weighted by Gasteiger charge is -2.33. The number of nitrogens with zero attached hydrogens (tertiary/aromatic N) is 1. The van der Waals surface area contributed by atoms with Gasteiger partial charge in [0, 0.05) is 13.1 Å². The summed E-state index contributed by atoms with van der Waals surface area (Å²) in [6.45, 7) is 3.20. The predicted octanol–water partition coefficient (Wildman–Crippen LogP) is 2.89. The molecule has 2 rings (SSSR count). The summed E-state index contributed by atoms with van der Waals surface area (Å²) in [5.74, 6) is -0.991. The highest BCUT2D eigenvalue weighted by atomic mass is 16.4. The highest BCUT2D eigenvalue weighted by Gasteiger charge is 2.30. The van der Waals surface area contributed by atoms with E-state index in [1.54, 1.807) is 0 Å². The molecule has 21 heavy (non-hydrogen) atoms. The van der Waals surface area contributed by atoms with Gasteiger partial charge in [-0.25, -0.2) is 0 Å². The van der Waals surface area contributed by atoms with Gasteiger partial charge in [-0.15, -0.1) is 0 Å². The topological polar surface area (TPSA) is 57.6 Å². The number of hydrogen-bond acceptors (Lipinski definition) is 2. The number of hydrogen-bond donors (Lipinski definition) is 1. The van der Waals surface area contributed by atoms with Crippen LogP contribution in [0.5, 0.6) is 0 Å². The Labute approximate surface area is 125 Å². The van der Waals surface area contributed by atoms with Crippen LogP contribution in [0.3, 0.4) is 0 Å². The molecule has 1 amide bonds. The molecule has 1 atom stereocenters. The van der Waals surface area contributed by atoms with Crippen LogP contribution < -0.4 is 0 Å². The Morgan fingerprint density at radius 1 is 1.24 bits per heavy atom. The first-order chi connectivity index (χ1) is 10.1. The number of carbonyl (C=O) groups is 2. The summed E-state index contributed by atoms with van der Waals surface area (Å²) in [5.41, 5.74) is 1.06. The minimum atomic E-state index is -0.740. The number of rotatable bonds is 5. The van der Waals surface area contributed by atoms with E-state index in [1.165, 1.54) is 0 Å². The molecule has 0 unspecified atom stereocenters. The van der Waals surface area contributed by atoms with Crippen LogP contribution in [0.4, 0.5) is 0 Å². The summed E-state index contributed by atoms with van der Waals surface area (Å²) < 4.78 is 0. The van der Waals surface area contributed by atoms with Crippen molar-refractivity contribution < 1.29 is 14.7 Å². The van der Waals surface area contributed by atoms with E-state index < -0.39 is 5.97 Å². The van der Waals surface area contributed by atoms with Crippen molar-refractivity contribution in [1.82, 2.24) is 4.90 Å². The third-order valence-corrected chi connectivity index (χ3v) is 4.23. The fraction of sp³-hybridized carbons (Fsp3) is 0.529. The van der Waals surface area contributed by atoms with Crippen molar-refractivity contribution in [1.29, 1.82) is 0 Å². The van der Waals surface area contributed by atoms with Crippen LogP contribution in [0.25, 0.3) is 0 Å². The van der Waals surface area contributed by atoms with Crippen molar-refractivity contribution >= 4 is 11.9 Å². The maximum Gasteiger partial charge on any atom is 0.306 e. The fourth-order valence-corrected chi connectivity index (χ4v) is 2.97. The SMILES string of the molecule is CCC[C@H](C(=O)N1CCC(C(=O)O)CC1)c1ccccc1. The van der Waals surface area contributed by atoms with Crippen molar-refractivity contribution in [2.45, 2.75) is 38.5 Å². The van der Waals surface area contributed by atoms with Gasteiger partial charge in [-0.3, -0.25) is 9.59 Å². The van der Waals surface area contributed by atoms with Crippen LogP contribution in [0.15, 0.2) is 30.3 Å². The molecule has 1 aliphatic heterocycles. The quantitative estimate of drug-likeness (QED) is 0.906. The summed E-state index contributed by atoms with van der Waals surface area (Å²) in [7, 11) is 0. The van der Waals surface area contributed by atoms with Gasteiger partial charge in [-0.1, -0.05) is 43.7 Å². The number of carboxylic acids is 1. The lowest BCUT2D eigenvalue weighted by atomic mass is 9.91. The number of piperidine rings is 1. The molecule has 0 bridgehead atoms. The standard InChI is InChI=1S/C17H23NO3/c1-2-6-15(13-7-4-3-5-8-13)16(19)18-11-9-14(10-12-18)17(20)21/h3-5,7-8,14-15H,2,6,9-12H2,1H3,(H,20,21)/t15-/m0/s1. The van der Waals surface area contributed by atoms with Crippen molar-refractivity contribution in [3.05, 3.63) is 35.9 Å². The smallest absolute Gasteiger partial charge is 0.306 e. The summed E-state index contributed by atoms with van der Waals surface area (Å²) in [5, 5.41) is 9.03. The van der Waals surface area contributed by atoms with Gasteiger partial charge in [0.05, 0.1) is 11.8 Å². The lowest BCUT2D eigenvalue weighted by molar-refractivity contribution is -0.146. The van der Waals surface area contributed by atoms with E-state index in [9.17, 15) is 9.59 Å². The number of aliphatic carboxylic acids is 1. The largest absolute Gasteiger partial charge is 0.481 e. The molecule has 0 aliphatic carbocycles. The number of likely N-dealkylation sites (tertiary alicyclic amines) is 1. The van der Waals surface area contributed by atoms with Crippen molar-refractivity contribution in [3.8, 4) is 0 Å². The molecule has 0 spiro atoms. The highest BCUT2D eigenvalue weighted by Crippen LogP contribution is 2.26.